The SMILES string of the molecule is O=C1NNC(Cc2ccc(F)c(C(=O)N3CCN(Cc4ccccc4Cl)CC3)c2)C2CCCCC12. The van der Waals surface area contributed by atoms with Crippen molar-refractivity contribution in [1.29, 1.82) is 0 Å². The summed E-state index contributed by atoms with van der Waals surface area (Å²) in [6.45, 7) is 3.26. The van der Waals surface area contributed by atoms with Crippen molar-refractivity contribution in [1.82, 2.24) is 20.7 Å². The molecule has 3 aliphatic rings. The largest absolute Gasteiger partial charge is 0.336 e. The Bertz CT molecular complexity index is 1090. The number of benzene rings is 2. The summed E-state index contributed by atoms with van der Waals surface area (Å²) in [5.41, 5.74) is 8.10. The number of nitrogens with one attached hydrogen (secondary N) is 2. The fraction of sp³-hybridized carbons (Fsp3) is 0.481. The Morgan fingerprint density at radius 2 is 1.83 bits per heavy atom. The number of hydrogen-bond acceptors (Lipinski definition) is 4. The van der Waals surface area contributed by atoms with Gasteiger partial charge in [0.15, 0.2) is 0 Å². The Labute approximate surface area is 210 Å². The van der Waals surface area contributed by atoms with Crippen molar-refractivity contribution >= 4 is 23.4 Å². The molecule has 1 saturated carbocycles. The second-order valence-electron chi connectivity index (χ2n) is 9.97. The van der Waals surface area contributed by atoms with Crippen LogP contribution in [0.1, 0.15) is 47.2 Å². The molecule has 8 heteroatoms. The van der Waals surface area contributed by atoms with Crippen molar-refractivity contribution < 1.29 is 14.0 Å². The molecule has 0 spiro atoms. The van der Waals surface area contributed by atoms with Gasteiger partial charge in [-0.05, 0) is 54.5 Å². The number of nitrogens with zero attached hydrogens (tertiary/aromatic N) is 2. The van der Waals surface area contributed by atoms with E-state index in [0.717, 1.165) is 48.4 Å². The fourth-order valence-electron chi connectivity index (χ4n) is 5.80. The number of rotatable bonds is 5. The van der Waals surface area contributed by atoms with Crippen LogP contribution >= 0.6 is 11.6 Å². The monoisotopic (exact) mass is 498 g/mol. The van der Waals surface area contributed by atoms with E-state index in [1.54, 1.807) is 17.0 Å². The van der Waals surface area contributed by atoms with Gasteiger partial charge in [-0.2, -0.15) is 0 Å². The minimum absolute atomic E-state index is 0.0404. The molecular formula is C27H32ClFN4O2. The third-order valence-corrected chi connectivity index (χ3v) is 8.15. The lowest BCUT2D eigenvalue weighted by Crippen LogP contribution is -2.60. The first-order valence-electron chi connectivity index (χ1n) is 12.6. The molecule has 2 aliphatic heterocycles. The lowest BCUT2D eigenvalue weighted by molar-refractivity contribution is -0.133. The molecule has 3 atom stereocenters. The molecule has 1 aliphatic carbocycles. The normalized spacial score (nSPS) is 25.1. The third kappa shape index (κ3) is 5.37. The molecule has 2 heterocycles. The van der Waals surface area contributed by atoms with Crippen LogP contribution in [0.5, 0.6) is 0 Å². The first kappa shape index (κ1) is 24.2. The van der Waals surface area contributed by atoms with Crippen LogP contribution in [0, 0.1) is 17.7 Å². The van der Waals surface area contributed by atoms with Crippen LogP contribution in [-0.2, 0) is 17.8 Å². The number of hydrogen-bond donors (Lipinski definition) is 2. The molecule has 5 rings (SSSR count). The topological polar surface area (TPSA) is 64.7 Å². The molecule has 2 saturated heterocycles. The maximum Gasteiger partial charge on any atom is 0.256 e. The van der Waals surface area contributed by atoms with Crippen molar-refractivity contribution in [3.05, 3.63) is 70.0 Å². The molecule has 2 aromatic rings. The van der Waals surface area contributed by atoms with Crippen molar-refractivity contribution in [3.63, 3.8) is 0 Å². The van der Waals surface area contributed by atoms with Gasteiger partial charge in [-0.25, -0.2) is 9.82 Å². The fourth-order valence-corrected chi connectivity index (χ4v) is 5.99. The summed E-state index contributed by atoms with van der Waals surface area (Å²) in [5, 5.41) is 0.747. The second-order valence-corrected chi connectivity index (χ2v) is 10.4. The zero-order chi connectivity index (χ0) is 24.4. The predicted octanol–water partition coefficient (Wildman–Crippen LogP) is 3.79. The Morgan fingerprint density at radius 1 is 1.06 bits per heavy atom. The minimum Gasteiger partial charge on any atom is -0.336 e. The molecule has 3 unspecified atom stereocenters. The standard InChI is InChI=1S/C27H32ClFN4O2/c28-23-8-4-1-5-19(23)17-32-11-13-33(14-12-32)27(35)22-15-18(9-10-24(22)29)16-25-20-6-2-3-7-21(20)26(34)31-30-25/h1,4-5,8-10,15,20-21,25,30H,2-3,6-7,11-14,16-17H2,(H,31,34). The number of hydrazine groups is 1. The molecule has 2 N–H and O–H groups in total. The second kappa shape index (κ2) is 10.6. The van der Waals surface area contributed by atoms with Crippen molar-refractivity contribution in [2.45, 2.75) is 44.7 Å². The molecule has 186 valence electrons. The van der Waals surface area contributed by atoms with E-state index >= 15 is 0 Å². The zero-order valence-electron chi connectivity index (χ0n) is 19.8. The van der Waals surface area contributed by atoms with E-state index in [1.807, 2.05) is 24.3 Å². The summed E-state index contributed by atoms with van der Waals surface area (Å²) in [7, 11) is 0. The van der Waals surface area contributed by atoms with E-state index in [4.69, 9.17) is 11.6 Å². The molecule has 35 heavy (non-hydrogen) atoms. The molecule has 0 aromatic heterocycles. The number of carbonyl (C=O) groups excluding carboxylic acids is 2. The lowest BCUT2D eigenvalue weighted by Gasteiger charge is -2.41. The van der Waals surface area contributed by atoms with Gasteiger partial charge in [-0.1, -0.05) is 48.7 Å². The molecule has 0 bridgehead atoms. The smallest absolute Gasteiger partial charge is 0.256 e. The summed E-state index contributed by atoms with van der Waals surface area (Å²) in [6, 6.07) is 12.7. The molecule has 3 fully saturated rings. The quantitative estimate of drug-likeness (QED) is 0.658. The van der Waals surface area contributed by atoms with E-state index < -0.39 is 5.82 Å². The summed E-state index contributed by atoms with van der Waals surface area (Å²) >= 11 is 6.29. The number of piperazine rings is 1. The van der Waals surface area contributed by atoms with Crippen molar-refractivity contribution in [2.24, 2.45) is 11.8 Å². The highest BCUT2D eigenvalue weighted by Gasteiger charge is 2.40. The van der Waals surface area contributed by atoms with Crippen LogP contribution < -0.4 is 10.9 Å². The summed E-state index contributed by atoms with van der Waals surface area (Å²) < 4.78 is 14.7. The Balaban J connectivity index is 1.22. The number of carbonyl (C=O) groups is 2. The molecule has 0 radical (unpaired) electrons. The van der Waals surface area contributed by atoms with Crippen LogP contribution in [0.3, 0.4) is 0 Å². The number of fused-ring (bicyclic) bond motifs is 1. The first-order chi connectivity index (χ1) is 17.0. The summed E-state index contributed by atoms with van der Waals surface area (Å²) in [6.07, 6.45) is 4.80. The van der Waals surface area contributed by atoms with Gasteiger partial charge >= 0.3 is 0 Å². The van der Waals surface area contributed by atoms with Crippen LogP contribution in [0.4, 0.5) is 4.39 Å². The molecule has 6 nitrogen and oxygen atoms in total. The third-order valence-electron chi connectivity index (χ3n) is 7.78. The van der Waals surface area contributed by atoms with Crippen LogP contribution in [0.15, 0.2) is 42.5 Å². The van der Waals surface area contributed by atoms with Gasteiger partial charge in [0.1, 0.15) is 5.82 Å². The highest BCUT2D eigenvalue weighted by molar-refractivity contribution is 6.31. The van der Waals surface area contributed by atoms with E-state index in [0.29, 0.717) is 32.6 Å². The van der Waals surface area contributed by atoms with Gasteiger partial charge in [0.25, 0.3) is 5.91 Å². The zero-order valence-corrected chi connectivity index (χ0v) is 20.6. The van der Waals surface area contributed by atoms with Crippen molar-refractivity contribution in [3.8, 4) is 0 Å². The van der Waals surface area contributed by atoms with Crippen LogP contribution in [0.2, 0.25) is 5.02 Å². The Morgan fingerprint density at radius 3 is 2.63 bits per heavy atom. The summed E-state index contributed by atoms with van der Waals surface area (Å²) in [4.78, 5) is 29.5. The van der Waals surface area contributed by atoms with Crippen molar-refractivity contribution in [2.75, 3.05) is 26.2 Å². The minimum atomic E-state index is -0.488. The van der Waals surface area contributed by atoms with Gasteiger partial charge in [0.2, 0.25) is 5.91 Å². The van der Waals surface area contributed by atoms with Gasteiger partial charge in [0, 0.05) is 49.7 Å². The predicted molar refractivity (Wildman–Crippen MR) is 133 cm³/mol. The number of amides is 2. The summed E-state index contributed by atoms with van der Waals surface area (Å²) in [5.74, 6) is -0.360. The molecule has 2 aromatic carbocycles. The lowest BCUT2D eigenvalue weighted by atomic mass is 9.72. The molecular weight excluding hydrogens is 467 g/mol. The van der Waals surface area contributed by atoms with Crippen LogP contribution in [-0.4, -0.2) is 53.8 Å². The maximum absolute atomic E-state index is 14.7. The van der Waals surface area contributed by atoms with Gasteiger partial charge in [-0.3, -0.25) is 19.9 Å². The number of halogens is 2. The molecule has 2 amide bonds. The first-order valence-corrected chi connectivity index (χ1v) is 13.0. The maximum atomic E-state index is 14.7. The highest BCUT2D eigenvalue weighted by atomic mass is 35.5. The van der Waals surface area contributed by atoms with Crippen LogP contribution in [0.25, 0.3) is 0 Å². The Hall–Kier alpha value is -2.48. The van der Waals surface area contributed by atoms with E-state index in [9.17, 15) is 14.0 Å². The Kier molecular flexibility index (Phi) is 7.37. The van der Waals surface area contributed by atoms with E-state index in [2.05, 4.69) is 15.8 Å². The average Bonchev–Trinajstić information content (AvgIpc) is 2.88. The van der Waals surface area contributed by atoms with Gasteiger partial charge in [0.05, 0.1) is 5.56 Å². The van der Waals surface area contributed by atoms with Gasteiger partial charge < -0.3 is 4.90 Å². The van der Waals surface area contributed by atoms with E-state index in [1.165, 1.54) is 6.07 Å². The van der Waals surface area contributed by atoms with Gasteiger partial charge in [-0.15, -0.1) is 0 Å². The highest BCUT2D eigenvalue weighted by Crippen LogP contribution is 2.35. The average molecular weight is 499 g/mol. The van der Waals surface area contributed by atoms with E-state index in [-0.39, 0.29) is 35.3 Å².